The van der Waals surface area contributed by atoms with E-state index in [2.05, 4.69) is 5.32 Å². The molecular weight excluding hydrogens is 985 g/mol. The van der Waals surface area contributed by atoms with Crippen molar-refractivity contribution in [1.82, 2.24) is 10.2 Å². The number of carbonyl (C=O) groups is 4. The Morgan fingerprint density at radius 2 is 1.29 bits per heavy atom. The van der Waals surface area contributed by atoms with Crippen LogP contribution in [0.5, 0.6) is 0 Å². The second kappa shape index (κ2) is 30.6. The van der Waals surface area contributed by atoms with Crippen LogP contribution in [0.2, 0.25) is 0 Å². The van der Waals surface area contributed by atoms with Gasteiger partial charge in [0.15, 0.2) is 12.1 Å². The monoisotopic (exact) mass is 1060 g/mol. The molecule has 75 heavy (non-hydrogen) atoms. The SMILES string of the molecule is C[C@@H]1[C@H](O)[C@@H](C)/C=C/C=C/C=C/C=C/C=C/C=C/C=C/[C@H](O[C@@H]2O[C@@H](C)[C@@H](O)[C@H](NC3CC(=O)N(CCO)C3=O)[C@@H]2O)C[C@@H]2O[C@](O)(C[C@@H](O)C[C@@H](O)[C@H](O)CC[C@@H](O)C[C@@H](O)CC(=O)O[C@H]1C)C[C@H](O)[C@H]2C(=O)O. The minimum atomic E-state index is -2.41. The molecule has 1 unspecified atom stereocenters. The first-order valence-corrected chi connectivity index (χ1v) is 25.6. The summed E-state index contributed by atoms with van der Waals surface area (Å²) >= 11 is 0. The summed E-state index contributed by atoms with van der Waals surface area (Å²) in [6.45, 7) is 5.93. The van der Waals surface area contributed by atoms with Crippen LogP contribution in [0.1, 0.15) is 85.5 Å². The molecule has 422 valence electrons. The molecule has 0 aromatic rings. The van der Waals surface area contributed by atoms with Gasteiger partial charge in [0.05, 0.1) is 105 Å². The number of imide groups is 1. The molecule has 4 aliphatic heterocycles. The normalized spacial score (nSPS) is 43.2. The fourth-order valence-electron chi connectivity index (χ4n) is 9.51. The summed E-state index contributed by atoms with van der Waals surface area (Å²) < 4.78 is 23.6. The third kappa shape index (κ3) is 19.6. The minimum Gasteiger partial charge on any atom is -0.481 e. The van der Waals surface area contributed by atoms with Crippen LogP contribution in [0.25, 0.3) is 0 Å². The molecule has 22 nitrogen and oxygen atoms in total. The van der Waals surface area contributed by atoms with Crippen molar-refractivity contribution in [3.05, 3.63) is 85.1 Å². The van der Waals surface area contributed by atoms with Crippen molar-refractivity contribution in [3.63, 3.8) is 0 Å². The highest BCUT2D eigenvalue weighted by Crippen LogP contribution is 2.38. The van der Waals surface area contributed by atoms with Crippen molar-refractivity contribution < 1.29 is 99.4 Å². The lowest BCUT2D eigenvalue weighted by Gasteiger charge is -2.45. The van der Waals surface area contributed by atoms with Crippen molar-refractivity contribution in [3.8, 4) is 0 Å². The smallest absolute Gasteiger partial charge is 0.311 e. The zero-order valence-electron chi connectivity index (χ0n) is 42.9. The molecule has 4 aliphatic rings. The lowest BCUT2D eigenvalue weighted by Crippen LogP contribution is -2.65. The number of amides is 2. The van der Waals surface area contributed by atoms with Crippen LogP contribution in [0.4, 0.5) is 0 Å². The Labute approximate surface area is 437 Å². The number of esters is 1. The van der Waals surface area contributed by atoms with Crippen LogP contribution in [0.15, 0.2) is 85.1 Å². The number of cyclic esters (lactones) is 1. The van der Waals surface area contributed by atoms with Crippen LogP contribution in [-0.4, -0.2) is 207 Å². The fourth-order valence-corrected chi connectivity index (χ4v) is 9.51. The van der Waals surface area contributed by atoms with Gasteiger partial charge in [-0.3, -0.25) is 29.4 Å². The highest BCUT2D eigenvalue weighted by molar-refractivity contribution is 6.05. The number of hydrogen-bond donors (Lipinski definition) is 13. The van der Waals surface area contributed by atoms with Gasteiger partial charge in [-0.2, -0.15) is 0 Å². The van der Waals surface area contributed by atoms with E-state index < -0.39 is 178 Å². The summed E-state index contributed by atoms with van der Waals surface area (Å²) in [7, 11) is 0. The van der Waals surface area contributed by atoms with Crippen LogP contribution in [0, 0.1) is 17.8 Å². The molecule has 4 heterocycles. The van der Waals surface area contributed by atoms with E-state index >= 15 is 0 Å². The average molecular weight is 1070 g/mol. The van der Waals surface area contributed by atoms with Crippen LogP contribution in [-0.2, 0) is 38.1 Å². The number of carbonyl (C=O) groups excluding carboxylic acids is 3. The number of ether oxygens (including phenoxy) is 4. The first kappa shape index (κ1) is 63.2. The molecule has 3 fully saturated rings. The van der Waals surface area contributed by atoms with Crippen molar-refractivity contribution in [2.75, 3.05) is 13.2 Å². The molecule has 2 amide bonds. The quantitative estimate of drug-likeness (QED) is 0.112. The number of aliphatic hydroxyl groups excluding tert-OH is 10. The zero-order valence-corrected chi connectivity index (χ0v) is 42.9. The number of likely N-dealkylation sites (tertiary alicyclic amines) is 1. The number of hydrogen-bond acceptors (Lipinski definition) is 20. The number of carboxylic acid groups (broad SMARTS) is 1. The topological polar surface area (TPSA) is 363 Å². The summed E-state index contributed by atoms with van der Waals surface area (Å²) in [6, 6.07) is -2.48. The predicted molar refractivity (Wildman–Crippen MR) is 268 cm³/mol. The fraction of sp³-hybridized carbons (Fsp3) is 0.660. The van der Waals surface area contributed by atoms with E-state index in [0.29, 0.717) is 0 Å². The number of nitrogens with one attached hydrogen (secondary N) is 1. The molecule has 0 spiro atoms. The lowest BCUT2D eigenvalue weighted by molar-refractivity contribution is -0.309. The number of aliphatic carboxylic acids is 1. The summed E-state index contributed by atoms with van der Waals surface area (Å²) in [5, 5.41) is 133. The number of allylic oxidation sites excluding steroid dienone is 12. The molecule has 3 saturated heterocycles. The molecule has 22 heteroatoms. The van der Waals surface area contributed by atoms with Gasteiger partial charge in [0.25, 0.3) is 0 Å². The van der Waals surface area contributed by atoms with Gasteiger partial charge in [0.1, 0.15) is 18.1 Å². The molecule has 0 aromatic heterocycles. The Balaban J connectivity index is 1.59. The maximum Gasteiger partial charge on any atom is 0.311 e. The minimum absolute atomic E-state index is 0.138. The largest absolute Gasteiger partial charge is 0.481 e. The first-order valence-electron chi connectivity index (χ1n) is 25.6. The molecule has 20 atom stereocenters. The van der Waals surface area contributed by atoms with E-state index in [0.717, 1.165) is 4.90 Å². The number of aliphatic hydroxyl groups is 11. The molecule has 0 radical (unpaired) electrons. The van der Waals surface area contributed by atoms with Gasteiger partial charge < -0.3 is 80.2 Å². The second-order valence-electron chi connectivity index (χ2n) is 20.0. The molecule has 0 aromatic carbocycles. The van der Waals surface area contributed by atoms with Gasteiger partial charge >= 0.3 is 11.9 Å². The molecule has 0 aliphatic carbocycles. The summed E-state index contributed by atoms with van der Waals surface area (Å²) in [5.41, 5.74) is 0. The van der Waals surface area contributed by atoms with Crippen molar-refractivity contribution >= 4 is 23.8 Å². The van der Waals surface area contributed by atoms with E-state index in [1.165, 1.54) is 19.1 Å². The van der Waals surface area contributed by atoms with E-state index in [-0.39, 0.29) is 38.1 Å². The maximum atomic E-state index is 13.0. The molecule has 2 bridgehead atoms. The van der Waals surface area contributed by atoms with Crippen LogP contribution in [0.3, 0.4) is 0 Å². The van der Waals surface area contributed by atoms with Gasteiger partial charge in [-0.15, -0.1) is 0 Å². The van der Waals surface area contributed by atoms with E-state index in [1.54, 1.807) is 86.8 Å². The Morgan fingerprint density at radius 3 is 1.89 bits per heavy atom. The number of fused-ring (bicyclic) bond motifs is 2. The van der Waals surface area contributed by atoms with E-state index in [4.69, 9.17) is 18.9 Å². The van der Waals surface area contributed by atoms with Gasteiger partial charge in [0, 0.05) is 37.5 Å². The van der Waals surface area contributed by atoms with Gasteiger partial charge in [-0.25, -0.2) is 0 Å². The zero-order chi connectivity index (χ0) is 55.6. The van der Waals surface area contributed by atoms with Gasteiger partial charge in [0.2, 0.25) is 11.8 Å². The maximum absolute atomic E-state index is 13.0. The van der Waals surface area contributed by atoms with Crippen molar-refractivity contribution in [1.29, 1.82) is 0 Å². The molecule has 0 saturated carbocycles. The van der Waals surface area contributed by atoms with Crippen LogP contribution < -0.4 is 5.32 Å². The molecule has 13 N–H and O–H groups in total. The van der Waals surface area contributed by atoms with Crippen LogP contribution >= 0.6 is 0 Å². The standard InChI is InChI=1S/C53H80N2O20/c1-30-17-15-13-11-9-7-5-6-8-10-12-14-16-18-37(74-52-49(67)46(48(66)33(4)73-52)54-38-27-43(63)55(21-22-56)50(38)68)26-42-45(51(69)70)41(62)29-53(71,75-42)28-36(59)24-40(61)39(60)20-19-34(57)23-35(58)25-44(64)72-32(3)31(2)47(30)65/h5-18,30-42,45-49,52,54,56-62,65-67,71H,19-29H2,1-4H3,(H,69,70)/b6-5+,9-7+,10-8+,13-11+,14-12+,17-15+,18-16+/t30-,31-,32-,33-,34+,35+,36-,37-,38?,39+,40+,41-,42-,45+,46-,47+,48+,49-,52-,53+/m0/s1. The van der Waals surface area contributed by atoms with E-state index in [1.807, 2.05) is 6.92 Å². The molecule has 4 rings (SSSR count). The third-order valence-electron chi connectivity index (χ3n) is 13.9. The van der Waals surface area contributed by atoms with Gasteiger partial charge in [-0.05, 0) is 33.1 Å². The first-order chi connectivity index (χ1) is 35.4. The van der Waals surface area contributed by atoms with E-state index in [9.17, 15) is 80.5 Å². The Morgan fingerprint density at radius 1 is 0.693 bits per heavy atom. The highest BCUT2D eigenvalue weighted by Gasteiger charge is 2.52. The summed E-state index contributed by atoms with van der Waals surface area (Å²) in [4.78, 5) is 51.8. The van der Waals surface area contributed by atoms with Crippen molar-refractivity contribution in [2.24, 2.45) is 17.8 Å². The summed E-state index contributed by atoms with van der Waals surface area (Å²) in [6.07, 6.45) is 0.955. The Hall–Kier alpha value is -4.34. The Bertz CT molecular complexity index is 2040. The third-order valence-corrected chi connectivity index (χ3v) is 13.9. The number of carboxylic acids is 1. The predicted octanol–water partition coefficient (Wildman–Crippen LogP) is -0.538. The lowest BCUT2D eigenvalue weighted by atomic mass is 9.82. The highest BCUT2D eigenvalue weighted by atomic mass is 16.7. The summed E-state index contributed by atoms with van der Waals surface area (Å²) in [5.74, 6) is -8.37. The molecular formula is C53H80N2O20. The van der Waals surface area contributed by atoms with Gasteiger partial charge in [-0.1, -0.05) is 98.9 Å². The number of nitrogens with zero attached hydrogens (tertiary/aromatic N) is 1. The van der Waals surface area contributed by atoms with Crippen molar-refractivity contribution in [2.45, 2.75) is 189 Å². The average Bonchev–Trinajstić information content (AvgIpc) is 3.59. The number of β-amino-alcohol motifs (C(OH)–C–C–N with tert-alkyl or cyclic N) is 1. The Kier molecular flexibility index (Phi) is 25.8. The second-order valence-corrected chi connectivity index (χ2v) is 20.0. The number of rotatable bonds is 7.